The Bertz CT molecular complexity index is 1220. The molecule has 28 heavy (non-hydrogen) atoms. The molecule has 0 saturated carbocycles. The first-order valence-electron chi connectivity index (χ1n) is 9.75. The number of fused-ring (bicyclic) bond motifs is 3. The second-order valence-corrected chi connectivity index (χ2v) is 7.40. The third-order valence-electron chi connectivity index (χ3n) is 5.68. The molecule has 4 aromatic carbocycles. The van der Waals surface area contributed by atoms with Crippen molar-refractivity contribution in [2.75, 3.05) is 6.61 Å². The fourth-order valence-electron chi connectivity index (χ4n) is 4.31. The fraction of sp³-hybridized carbons (Fsp3) is 0.111. The van der Waals surface area contributed by atoms with E-state index in [0.29, 0.717) is 6.61 Å². The second kappa shape index (κ2) is 6.69. The molecule has 5 rings (SSSR count). The molecule has 0 saturated heterocycles. The standard InChI is InChI=1S/C27H22O/c1-18-17-21(20-9-4-3-5-10-20)14-15-22(18)26-19(2)23-13-8-16-28-27(23)25-12-7-6-11-24(25)26/h3-15,17H,16H2,1-2H3. The first kappa shape index (κ1) is 16.8. The van der Waals surface area contributed by atoms with E-state index in [1.165, 1.54) is 49.7 Å². The molecule has 0 amide bonds. The highest BCUT2D eigenvalue weighted by molar-refractivity contribution is 6.05. The van der Waals surface area contributed by atoms with Crippen LogP contribution in [0.25, 0.3) is 39.1 Å². The van der Waals surface area contributed by atoms with Crippen LogP contribution in [0.1, 0.15) is 16.7 Å². The van der Waals surface area contributed by atoms with Crippen LogP contribution in [0.2, 0.25) is 0 Å². The quantitative estimate of drug-likeness (QED) is 0.366. The van der Waals surface area contributed by atoms with E-state index in [9.17, 15) is 0 Å². The Labute approximate surface area is 165 Å². The van der Waals surface area contributed by atoms with Gasteiger partial charge in [0.2, 0.25) is 0 Å². The Hall–Kier alpha value is -3.32. The van der Waals surface area contributed by atoms with Gasteiger partial charge >= 0.3 is 0 Å². The van der Waals surface area contributed by atoms with Gasteiger partial charge in [-0.1, -0.05) is 78.9 Å². The van der Waals surface area contributed by atoms with Gasteiger partial charge in [0.05, 0.1) is 0 Å². The predicted octanol–water partition coefficient (Wildman–Crippen LogP) is 7.20. The number of hydrogen-bond acceptors (Lipinski definition) is 1. The smallest absolute Gasteiger partial charge is 0.135 e. The monoisotopic (exact) mass is 362 g/mol. The van der Waals surface area contributed by atoms with Gasteiger partial charge in [0.15, 0.2) is 0 Å². The van der Waals surface area contributed by atoms with E-state index in [0.717, 1.165) is 5.75 Å². The maximum absolute atomic E-state index is 6.03. The van der Waals surface area contributed by atoms with Gasteiger partial charge < -0.3 is 4.74 Å². The Morgan fingerprint density at radius 2 is 1.50 bits per heavy atom. The van der Waals surface area contributed by atoms with E-state index >= 15 is 0 Å². The minimum atomic E-state index is 0.639. The zero-order valence-corrected chi connectivity index (χ0v) is 16.2. The summed E-state index contributed by atoms with van der Waals surface area (Å²) in [5.41, 5.74) is 8.87. The van der Waals surface area contributed by atoms with Gasteiger partial charge in [0.25, 0.3) is 0 Å². The van der Waals surface area contributed by atoms with Crippen LogP contribution in [0.15, 0.2) is 78.9 Å². The molecule has 136 valence electrons. The van der Waals surface area contributed by atoms with Crippen LogP contribution in [0.4, 0.5) is 0 Å². The number of benzene rings is 4. The predicted molar refractivity (Wildman–Crippen MR) is 119 cm³/mol. The van der Waals surface area contributed by atoms with E-state index < -0.39 is 0 Å². The molecule has 0 radical (unpaired) electrons. The molecule has 0 aromatic heterocycles. The van der Waals surface area contributed by atoms with E-state index in [4.69, 9.17) is 4.74 Å². The van der Waals surface area contributed by atoms with E-state index in [1.54, 1.807) is 0 Å². The van der Waals surface area contributed by atoms with Crippen LogP contribution < -0.4 is 4.74 Å². The van der Waals surface area contributed by atoms with Crippen LogP contribution in [0.5, 0.6) is 5.75 Å². The summed E-state index contributed by atoms with van der Waals surface area (Å²) in [5, 5.41) is 2.44. The van der Waals surface area contributed by atoms with Crippen molar-refractivity contribution in [3.05, 3.63) is 95.6 Å². The lowest BCUT2D eigenvalue weighted by Gasteiger charge is -2.22. The van der Waals surface area contributed by atoms with Crippen molar-refractivity contribution in [3.8, 4) is 28.0 Å². The Morgan fingerprint density at radius 1 is 0.750 bits per heavy atom. The summed E-state index contributed by atoms with van der Waals surface area (Å²) in [7, 11) is 0. The lowest BCUT2D eigenvalue weighted by Crippen LogP contribution is -2.04. The maximum Gasteiger partial charge on any atom is 0.135 e. The molecule has 0 fully saturated rings. The van der Waals surface area contributed by atoms with Gasteiger partial charge in [0.1, 0.15) is 12.4 Å². The van der Waals surface area contributed by atoms with Gasteiger partial charge in [0, 0.05) is 10.9 Å². The van der Waals surface area contributed by atoms with Gasteiger partial charge in [-0.05, 0) is 58.7 Å². The molecule has 0 aliphatic carbocycles. The van der Waals surface area contributed by atoms with Crippen molar-refractivity contribution in [3.63, 3.8) is 0 Å². The lowest BCUT2D eigenvalue weighted by molar-refractivity contribution is 0.363. The first-order valence-corrected chi connectivity index (χ1v) is 9.75. The van der Waals surface area contributed by atoms with Gasteiger partial charge in [-0.25, -0.2) is 0 Å². The van der Waals surface area contributed by atoms with Crippen molar-refractivity contribution in [1.29, 1.82) is 0 Å². The zero-order valence-electron chi connectivity index (χ0n) is 16.2. The first-order chi connectivity index (χ1) is 13.7. The highest BCUT2D eigenvalue weighted by Crippen LogP contribution is 2.44. The highest BCUT2D eigenvalue weighted by atomic mass is 16.5. The second-order valence-electron chi connectivity index (χ2n) is 7.40. The number of aryl methyl sites for hydroxylation is 1. The Kier molecular flexibility index (Phi) is 4.02. The summed E-state index contributed by atoms with van der Waals surface area (Å²) in [6.45, 7) is 5.06. The van der Waals surface area contributed by atoms with Crippen molar-refractivity contribution >= 4 is 16.8 Å². The molecule has 1 aliphatic rings. The van der Waals surface area contributed by atoms with Gasteiger partial charge in [-0.2, -0.15) is 0 Å². The van der Waals surface area contributed by atoms with Crippen molar-refractivity contribution in [2.24, 2.45) is 0 Å². The van der Waals surface area contributed by atoms with Crippen LogP contribution in [0, 0.1) is 13.8 Å². The number of ether oxygens (including phenoxy) is 1. The minimum absolute atomic E-state index is 0.639. The normalized spacial score (nSPS) is 12.6. The molecule has 0 atom stereocenters. The molecular weight excluding hydrogens is 340 g/mol. The summed E-state index contributed by atoms with van der Waals surface area (Å²) >= 11 is 0. The van der Waals surface area contributed by atoms with Crippen LogP contribution >= 0.6 is 0 Å². The third kappa shape index (κ3) is 2.63. The molecule has 0 unspecified atom stereocenters. The molecule has 0 spiro atoms. The highest BCUT2D eigenvalue weighted by Gasteiger charge is 2.20. The summed E-state index contributed by atoms with van der Waals surface area (Å²) < 4.78 is 6.03. The Balaban J connectivity index is 1.77. The summed E-state index contributed by atoms with van der Waals surface area (Å²) in [5.74, 6) is 1.01. The maximum atomic E-state index is 6.03. The van der Waals surface area contributed by atoms with E-state index in [-0.39, 0.29) is 0 Å². The zero-order chi connectivity index (χ0) is 19.1. The fourth-order valence-corrected chi connectivity index (χ4v) is 4.31. The van der Waals surface area contributed by atoms with Gasteiger partial charge in [-0.3, -0.25) is 0 Å². The van der Waals surface area contributed by atoms with Crippen LogP contribution in [0.3, 0.4) is 0 Å². The molecule has 1 heteroatoms. The summed E-state index contributed by atoms with van der Waals surface area (Å²) in [6, 6.07) is 26.0. The summed E-state index contributed by atoms with van der Waals surface area (Å²) in [4.78, 5) is 0. The molecule has 0 N–H and O–H groups in total. The van der Waals surface area contributed by atoms with Crippen LogP contribution in [-0.2, 0) is 0 Å². The topological polar surface area (TPSA) is 9.23 Å². The lowest BCUT2D eigenvalue weighted by atomic mass is 9.86. The number of hydrogen-bond donors (Lipinski definition) is 0. The third-order valence-corrected chi connectivity index (χ3v) is 5.68. The van der Waals surface area contributed by atoms with E-state index in [1.807, 2.05) is 0 Å². The van der Waals surface area contributed by atoms with E-state index in [2.05, 4.69) is 98.8 Å². The SMILES string of the molecule is Cc1cc(-c2ccccc2)ccc1-c1c(C)c2c(c3ccccc13)OCC=C2. The largest absolute Gasteiger partial charge is 0.488 e. The average molecular weight is 362 g/mol. The number of rotatable bonds is 2. The minimum Gasteiger partial charge on any atom is -0.488 e. The molecule has 1 nitrogen and oxygen atoms in total. The average Bonchev–Trinajstić information content (AvgIpc) is 2.75. The van der Waals surface area contributed by atoms with Crippen molar-refractivity contribution in [2.45, 2.75) is 13.8 Å². The molecular formula is C27H22O. The molecule has 4 aromatic rings. The Morgan fingerprint density at radius 3 is 2.29 bits per heavy atom. The molecule has 0 bridgehead atoms. The summed E-state index contributed by atoms with van der Waals surface area (Å²) in [6.07, 6.45) is 4.30. The molecule has 1 aliphatic heterocycles. The van der Waals surface area contributed by atoms with Gasteiger partial charge in [-0.15, -0.1) is 0 Å². The van der Waals surface area contributed by atoms with Crippen LogP contribution in [-0.4, -0.2) is 6.61 Å². The van der Waals surface area contributed by atoms with Crippen molar-refractivity contribution in [1.82, 2.24) is 0 Å². The molecule has 1 heterocycles. The van der Waals surface area contributed by atoms with Crippen molar-refractivity contribution < 1.29 is 4.74 Å².